The fourth-order valence-electron chi connectivity index (χ4n) is 2.77. The summed E-state index contributed by atoms with van der Waals surface area (Å²) in [6.07, 6.45) is 3.97. The maximum Gasteiger partial charge on any atom is 0.217 e. The lowest BCUT2D eigenvalue weighted by Crippen LogP contribution is -2.31. The molecule has 1 aromatic heterocycles. The standard InChI is InChI=1S/C20H20N2O2/c1-14(22-15(2)23)11-16-3-5-17(6-4-16)18-7-9-19(10-8-18)20-12-21-13-24-20/h3-10,12-14H,11H2,1-2H3,(H,22,23). The number of nitrogens with zero attached hydrogens (tertiary/aromatic N) is 1. The zero-order valence-electron chi connectivity index (χ0n) is 13.8. The highest BCUT2D eigenvalue weighted by atomic mass is 16.3. The molecule has 1 atom stereocenters. The first-order chi connectivity index (χ1) is 11.6. The second-order valence-corrected chi connectivity index (χ2v) is 5.95. The fraction of sp³-hybridized carbons (Fsp3) is 0.200. The molecule has 0 fully saturated rings. The highest BCUT2D eigenvalue weighted by molar-refractivity contribution is 5.73. The van der Waals surface area contributed by atoms with Gasteiger partial charge in [-0.05, 0) is 30.0 Å². The molecule has 0 aliphatic carbocycles. The lowest BCUT2D eigenvalue weighted by Gasteiger charge is -2.12. The molecule has 1 N–H and O–H groups in total. The van der Waals surface area contributed by atoms with E-state index in [0.717, 1.165) is 28.9 Å². The lowest BCUT2D eigenvalue weighted by atomic mass is 10.00. The number of hydrogen-bond donors (Lipinski definition) is 1. The van der Waals surface area contributed by atoms with E-state index in [0.29, 0.717) is 0 Å². The monoisotopic (exact) mass is 320 g/mol. The van der Waals surface area contributed by atoms with Gasteiger partial charge in [0, 0.05) is 18.5 Å². The lowest BCUT2D eigenvalue weighted by molar-refractivity contribution is -0.119. The van der Waals surface area contributed by atoms with E-state index in [1.165, 1.54) is 12.0 Å². The average Bonchev–Trinajstić information content (AvgIpc) is 3.09. The van der Waals surface area contributed by atoms with E-state index in [2.05, 4.69) is 46.7 Å². The van der Waals surface area contributed by atoms with Gasteiger partial charge in [-0.1, -0.05) is 48.5 Å². The maximum absolute atomic E-state index is 11.1. The van der Waals surface area contributed by atoms with Crippen LogP contribution in [0.1, 0.15) is 19.4 Å². The molecule has 0 bridgehead atoms. The normalized spacial score (nSPS) is 11.9. The third kappa shape index (κ3) is 3.90. The van der Waals surface area contributed by atoms with E-state index in [-0.39, 0.29) is 11.9 Å². The van der Waals surface area contributed by atoms with Crippen LogP contribution in [0.2, 0.25) is 0 Å². The molecule has 0 spiro atoms. The zero-order chi connectivity index (χ0) is 16.9. The summed E-state index contributed by atoms with van der Waals surface area (Å²) in [5.74, 6) is 0.773. The first kappa shape index (κ1) is 16.0. The Hall–Kier alpha value is -2.88. The van der Waals surface area contributed by atoms with E-state index in [1.807, 2.05) is 19.1 Å². The highest BCUT2D eigenvalue weighted by Gasteiger charge is 2.06. The van der Waals surface area contributed by atoms with Crippen LogP contribution in [0.15, 0.2) is 65.5 Å². The second kappa shape index (κ2) is 7.13. The number of benzene rings is 2. The van der Waals surface area contributed by atoms with Crippen molar-refractivity contribution in [3.8, 4) is 22.5 Å². The number of carbonyl (C=O) groups excluding carboxylic acids is 1. The smallest absolute Gasteiger partial charge is 0.217 e. The van der Waals surface area contributed by atoms with Crippen LogP contribution in [0, 0.1) is 0 Å². The topological polar surface area (TPSA) is 55.1 Å². The van der Waals surface area contributed by atoms with Gasteiger partial charge in [0.15, 0.2) is 12.2 Å². The number of rotatable bonds is 5. The van der Waals surface area contributed by atoms with Crippen LogP contribution in [-0.4, -0.2) is 16.9 Å². The van der Waals surface area contributed by atoms with Crippen molar-refractivity contribution in [1.29, 1.82) is 0 Å². The Morgan fingerprint density at radius 1 is 1.04 bits per heavy atom. The van der Waals surface area contributed by atoms with Crippen LogP contribution < -0.4 is 5.32 Å². The predicted octanol–water partition coefficient (Wildman–Crippen LogP) is 4.08. The van der Waals surface area contributed by atoms with Crippen molar-refractivity contribution in [1.82, 2.24) is 10.3 Å². The first-order valence-corrected chi connectivity index (χ1v) is 7.97. The molecule has 0 aliphatic rings. The minimum absolute atomic E-state index is 0.00552. The van der Waals surface area contributed by atoms with E-state index < -0.39 is 0 Å². The van der Waals surface area contributed by atoms with Crippen molar-refractivity contribution in [2.24, 2.45) is 0 Å². The number of hydrogen-bond acceptors (Lipinski definition) is 3. The third-order valence-corrected chi connectivity index (χ3v) is 3.88. The van der Waals surface area contributed by atoms with Crippen LogP contribution >= 0.6 is 0 Å². The Morgan fingerprint density at radius 2 is 1.62 bits per heavy atom. The van der Waals surface area contributed by atoms with Crippen LogP contribution in [0.3, 0.4) is 0 Å². The predicted molar refractivity (Wildman–Crippen MR) is 94.4 cm³/mol. The quantitative estimate of drug-likeness (QED) is 0.771. The van der Waals surface area contributed by atoms with Gasteiger partial charge in [0.1, 0.15) is 0 Å². The van der Waals surface area contributed by atoms with Crippen molar-refractivity contribution in [3.05, 3.63) is 66.7 Å². The molecule has 0 radical (unpaired) electrons. The molecule has 0 saturated heterocycles. The molecular weight excluding hydrogens is 300 g/mol. The molecule has 4 nitrogen and oxygen atoms in total. The molecular formula is C20H20N2O2. The summed E-state index contributed by atoms with van der Waals surface area (Å²) in [7, 11) is 0. The second-order valence-electron chi connectivity index (χ2n) is 5.95. The van der Waals surface area contributed by atoms with Gasteiger partial charge in [-0.25, -0.2) is 4.98 Å². The van der Waals surface area contributed by atoms with Gasteiger partial charge >= 0.3 is 0 Å². The van der Waals surface area contributed by atoms with E-state index >= 15 is 0 Å². The number of aromatic nitrogens is 1. The molecule has 0 saturated carbocycles. The number of oxazole rings is 1. The van der Waals surface area contributed by atoms with E-state index in [9.17, 15) is 4.79 Å². The van der Waals surface area contributed by atoms with Crippen molar-refractivity contribution in [2.45, 2.75) is 26.3 Å². The summed E-state index contributed by atoms with van der Waals surface area (Å²) in [6, 6.07) is 16.8. The summed E-state index contributed by atoms with van der Waals surface area (Å²) in [6.45, 7) is 3.56. The zero-order valence-corrected chi connectivity index (χ0v) is 13.8. The maximum atomic E-state index is 11.1. The average molecular weight is 320 g/mol. The molecule has 1 unspecified atom stereocenters. The number of nitrogens with one attached hydrogen (secondary N) is 1. The van der Waals surface area contributed by atoms with Gasteiger partial charge in [-0.2, -0.15) is 0 Å². The molecule has 4 heteroatoms. The van der Waals surface area contributed by atoms with E-state index in [4.69, 9.17) is 4.42 Å². The Bertz CT molecular complexity index is 791. The molecule has 1 heterocycles. The molecule has 3 aromatic rings. The van der Waals surface area contributed by atoms with Gasteiger partial charge in [-0.15, -0.1) is 0 Å². The van der Waals surface area contributed by atoms with Crippen molar-refractivity contribution >= 4 is 5.91 Å². The van der Waals surface area contributed by atoms with Crippen molar-refractivity contribution in [2.75, 3.05) is 0 Å². The molecule has 122 valence electrons. The minimum Gasteiger partial charge on any atom is -0.444 e. The van der Waals surface area contributed by atoms with Gasteiger partial charge in [0.2, 0.25) is 5.91 Å². The van der Waals surface area contributed by atoms with Crippen LogP contribution in [-0.2, 0) is 11.2 Å². The van der Waals surface area contributed by atoms with Gasteiger partial charge in [-0.3, -0.25) is 4.79 Å². The largest absolute Gasteiger partial charge is 0.444 e. The summed E-state index contributed by atoms with van der Waals surface area (Å²) < 4.78 is 5.30. The molecule has 24 heavy (non-hydrogen) atoms. The number of amides is 1. The Labute approximate surface area is 141 Å². The molecule has 2 aromatic carbocycles. The minimum atomic E-state index is 0.00552. The Balaban J connectivity index is 1.70. The molecule has 3 rings (SSSR count). The first-order valence-electron chi connectivity index (χ1n) is 7.97. The van der Waals surface area contributed by atoms with Crippen LogP contribution in [0.25, 0.3) is 22.5 Å². The summed E-state index contributed by atoms with van der Waals surface area (Å²) >= 11 is 0. The fourth-order valence-corrected chi connectivity index (χ4v) is 2.77. The van der Waals surface area contributed by atoms with Crippen molar-refractivity contribution in [3.63, 3.8) is 0 Å². The van der Waals surface area contributed by atoms with Gasteiger partial charge < -0.3 is 9.73 Å². The highest BCUT2D eigenvalue weighted by Crippen LogP contribution is 2.25. The van der Waals surface area contributed by atoms with Gasteiger partial charge in [0.25, 0.3) is 0 Å². The summed E-state index contributed by atoms with van der Waals surface area (Å²) in [5.41, 5.74) is 4.53. The Kier molecular flexibility index (Phi) is 4.75. The Morgan fingerprint density at radius 3 is 2.17 bits per heavy atom. The molecule has 0 aliphatic heterocycles. The SMILES string of the molecule is CC(=O)NC(C)Cc1ccc(-c2ccc(-c3cnco3)cc2)cc1. The number of carbonyl (C=O) groups is 1. The van der Waals surface area contributed by atoms with Crippen molar-refractivity contribution < 1.29 is 9.21 Å². The molecule has 1 amide bonds. The van der Waals surface area contributed by atoms with Crippen LogP contribution in [0.4, 0.5) is 0 Å². The van der Waals surface area contributed by atoms with E-state index in [1.54, 1.807) is 13.1 Å². The summed E-state index contributed by atoms with van der Waals surface area (Å²) in [5, 5.41) is 2.90. The third-order valence-electron chi connectivity index (χ3n) is 3.88. The summed E-state index contributed by atoms with van der Waals surface area (Å²) in [4.78, 5) is 15.0. The van der Waals surface area contributed by atoms with Gasteiger partial charge in [0.05, 0.1) is 6.20 Å². The van der Waals surface area contributed by atoms with Crippen LogP contribution in [0.5, 0.6) is 0 Å².